The van der Waals surface area contributed by atoms with Gasteiger partial charge in [0.25, 0.3) is 17.7 Å². The van der Waals surface area contributed by atoms with Gasteiger partial charge in [0.2, 0.25) is 0 Å². The number of imide groups is 1. The van der Waals surface area contributed by atoms with Gasteiger partial charge in [-0.2, -0.15) is 0 Å². The van der Waals surface area contributed by atoms with Crippen molar-refractivity contribution in [2.45, 2.75) is 0 Å². The van der Waals surface area contributed by atoms with E-state index >= 15 is 0 Å². The lowest BCUT2D eigenvalue weighted by molar-refractivity contribution is -0.134. The molecule has 2 heterocycles. The zero-order chi connectivity index (χ0) is 16.9. The summed E-state index contributed by atoms with van der Waals surface area (Å²) in [5, 5.41) is 0. The number of hydroxylamine groups is 1. The van der Waals surface area contributed by atoms with Crippen LogP contribution in [0.5, 0.6) is 0 Å². The molecule has 0 atom stereocenters. The zero-order valence-corrected chi connectivity index (χ0v) is 13.2. The second-order valence-corrected chi connectivity index (χ2v) is 5.57. The molecule has 3 rings (SSSR count). The fourth-order valence-electron chi connectivity index (χ4n) is 2.69. The number of amides is 3. The minimum absolute atomic E-state index is 0.323. The fraction of sp³-hybridized carbons (Fsp3) is 0.438. The van der Waals surface area contributed by atoms with Gasteiger partial charge in [-0.05, 0) is 12.1 Å². The van der Waals surface area contributed by atoms with Crippen molar-refractivity contribution in [3.63, 3.8) is 0 Å². The molecule has 0 saturated carbocycles. The van der Waals surface area contributed by atoms with Crippen LogP contribution in [-0.2, 0) is 14.4 Å². The van der Waals surface area contributed by atoms with E-state index in [0.29, 0.717) is 37.5 Å². The topological polar surface area (TPSA) is 88.2 Å². The molecule has 3 amide bonds. The maximum atomic E-state index is 12.1. The number of nitrogens with one attached hydrogen (secondary N) is 1. The van der Waals surface area contributed by atoms with Crippen LogP contribution in [0.3, 0.4) is 0 Å². The van der Waals surface area contributed by atoms with Crippen LogP contribution >= 0.6 is 0 Å². The maximum absolute atomic E-state index is 12.1. The molecule has 0 bridgehead atoms. The standard InChI is InChI=1S/C16H19N3O5/c20-14(17-24-10-7-18-5-8-23-9-6-18)11-19-15(21)12-3-1-2-4-13(12)16(19)22/h1-4H,5-11H2,(H,17,20). The summed E-state index contributed by atoms with van der Waals surface area (Å²) in [5.41, 5.74) is 2.92. The number of ether oxygens (including phenoxy) is 1. The molecule has 0 spiro atoms. The number of rotatable bonds is 6. The Kier molecular flexibility index (Phi) is 5.19. The Morgan fingerprint density at radius 3 is 2.38 bits per heavy atom. The summed E-state index contributed by atoms with van der Waals surface area (Å²) in [5.74, 6) is -1.45. The molecule has 8 nitrogen and oxygen atoms in total. The van der Waals surface area contributed by atoms with Crippen LogP contribution in [0.25, 0.3) is 0 Å². The summed E-state index contributed by atoms with van der Waals surface area (Å²) in [6, 6.07) is 6.52. The van der Waals surface area contributed by atoms with Crippen LogP contribution in [0.4, 0.5) is 0 Å². The predicted octanol–water partition coefficient (Wildman–Crippen LogP) is -0.337. The number of carbonyl (C=O) groups is 3. The summed E-state index contributed by atoms with van der Waals surface area (Å²) in [4.78, 5) is 44.4. The highest BCUT2D eigenvalue weighted by atomic mass is 16.7. The quantitative estimate of drug-likeness (QED) is 0.435. The molecule has 2 aliphatic heterocycles. The van der Waals surface area contributed by atoms with E-state index < -0.39 is 17.7 Å². The van der Waals surface area contributed by atoms with Gasteiger partial charge in [-0.15, -0.1) is 0 Å². The van der Waals surface area contributed by atoms with E-state index in [4.69, 9.17) is 9.57 Å². The number of benzene rings is 1. The molecule has 24 heavy (non-hydrogen) atoms. The van der Waals surface area contributed by atoms with Gasteiger partial charge < -0.3 is 4.74 Å². The van der Waals surface area contributed by atoms with Crippen LogP contribution in [0, 0.1) is 0 Å². The van der Waals surface area contributed by atoms with Gasteiger partial charge in [-0.1, -0.05) is 12.1 Å². The molecule has 1 saturated heterocycles. The summed E-state index contributed by atoms with van der Waals surface area (Å²) in [6.07, 6.45) is 0. The molecule has 0 unspecified atom stereocenters. The van der Waals surface area contributed by atoms with E-state index in [1.807, 2.05) is 0 Å². The third-order valence-corrected chi connectivity index (χ3v) is 3.98. The highest BCUT2D eigenvalue weighted by Gasteiger charge is 2.36. The maximum Gasteiger partial charge on any atom is 0.263 e. The molecule has 1 fully saturated rings. The largest absolute Gasteiger partial charge is 0.379 e. The first-order valence-electron chi connectivity index (χ1n) is 7.83. The van der Waals surface area contributed by atoms with E-state index in [-0.39, 0.29) is 6.54 Å². The summed E-state index contributed by atoms with van der Waals surface area (Å²) < 4.78 is 5.24. The lowest BCUT2D eigenvalue weighted by Crippen LogP contribution is -2.42. The van der Waals surface area contributed by atoms with Crippen LogP contribution in [0.15, 0.2) is 24.3 Å². The number of morpholine rings is 1. The van der Waals surface area contributed by atoms with Crippen LogP contribution in [-0.4, -0.2) is 73.5 Å². The molecule has 8 heteroatoms. The van der Waals surface area contributed by atoms with E-state index in [9.17, 15) is 14.4 Å². The Balaban J connectivity index is 1.42. The van der Waals surface area contributed by atoms with Gasteiger partial charge in [0.15, 0.2) is 0 Å². The van der Waals surface area contributed by atoms with Crippen molar-refractivity contribution in [1.82, 2.24) is 15.3 Å². The molecular formula is C16H19N3O5. The SMILES string of the molecule is O=C(CN1C(=O)c2ccccc2C1=O)NOCCN1CCOCC1. The predicted molar refractivity (Wildman–Crippen MR) is 83.2 cm³/mol. The highest BCUT2D eigenvalue weighted by Crippen LogP contribution is 2.21. The van der Waals surface area contributed by atoms with E-state index in [1.54, 1.807) is 24.3 Å². The average molecular weight is 333 g/mol. The monoisotopic (exact) mass is 333 g/mol. The minimum atomic E-state index is -0.536. The van der Waals surface area contributed by atoms with E-state index in [1.165, 1.54) is 0 Å². The first kappa shape index (κ1) is 16.6. The van der Waals surface area contributed by atoms with Crippen molar-refractivity contribution in [3.8, 4) is 0 Å². The fourth-order valence-corrected chi connectivity index (χ4v) is 2.69. The number of hydrogen-bond acceptors (Lipinski definition) is 6. The van der Waals surface area contributed by atoms with Crippen LogP contribution < -0.4 is 5.48 Å². The summed E-state index contributed by atoms with van der Waals surface area (Å²) in [7, 11) is 0. The van der Waals surface area contributed by atoms with Gasteiger partial charge in [0.1, 0.15) is 6.54 Å². The summed E-state index contributed by atoms with van der Waals surface area (Å²) in [6.45, 7) is 3.73. The Morgan fingerprint density at radius 2 is 1.75 bits per heavy atom. The van der Waals surface area contributed by atoms with E-state index in [2.05, 4.69) is 10.4 Å². The van der Waals surface area contributed by atoms with Crippen LogP contribution in [0.2, 0.25) is 0 Å². The molecule has 128 valence electrons. The number of fused-ring (bicyclic) bond motifs is 1. The number of hydrogen-bond donors (Lipinski definition) is 1. The first-order valence-corrected chi connectivity index (χ1v) is 7.83. The van der Waals surface area contributed by atoms with Gasteiger partial charge in [-0.25, -0.2) is 5.48 Å². The molecule has 1 aromatic rings. The average Bonchev–Trinajstić information content (AvgIpc) is 2.85. The number of carbonyl (C=O) groups excluding carboxylic acids is 3. The highest BCUT2D eigenvalue weighted by molar-refractivity contribution is 6.22. The minimum Gasteiger partial charge on any atom is -0.379 e. The lowest BCUT2D eigenvalue weighted by Gasteiger charge is -2.26. The molecule has 1 N–H and O–H groups in total. The van der Waals surface area contributed by atoms with Crippen molar-refractivity contribution < 1.29 is 24.0 Å². The Labute approximate surface area is 139 Å². The molecule has 0 aliphatic carbocycles. The van der Waals surface area contributed by atoms with Gasteiger partial charge in [-0.3, -0.25) is 29.0 Å². The van der Waals surface area contributed by atoms with Crippen LogP contribution in [0.1, 0.15) is 20.7 Å². The van der Waals surface area contributed by atoms with Gasteiger partial charge in [0, 0.05) is 19.6 Å². The third-order valence-electron chi connectivity index (χ3n) is 3.98. The molecular weight excluding hydrogens is 314 g/mol. The zero-order valence-electron chi connectivity index (χ0n) is 13.2. The normalized spacial score (nSPS) is 17.9. The molecule has 0 aromatic heterocycles. The van der Waals surface area contributed by atoms with Gasteiger partial charge >= 0.3 is 0 Å². The van der Waals surface area contributed by atoms with E-state index in [0.717, 1.165) is 18.0 Å². The Morgan fingerprint density at radius 1 is 1.12 bits per heavy atom. The molecule has 0 radical (unpaired) electrons. The van der Waals surface area contributed by atoms with Crippen molar-refractivity contribution in [2.75, 3.05) is 46.0 Å². The number of nitrogens with zero attached hydrogens (tertiary/aromatic N) is 2. The second-order valence-electron chi connectivity index (χ2n) is 5.57. The van der Waals surface area contributed by atoms with Crippen molar-refractivity contribution >= 4 is 17.7 Å². The summed E-state index contributed by atoms with van der Waals surface area (Å²) >= 11 is 0. The van der Waals surface area contributed by atoms with Gasteiger partial charge in [0.05, 0.1) is 30.9 Å². The smallest absolute Gasteiger partial charge is 0.263 e. The third kappa shape index (κ3) is 3.61. The van der Waals surface area contributed by atoms with Crippen molar-refractivity contribution in [1.29, 1.82) is 0 Å². The first-order chi connectivity index (χ1) is 11.7. The van der Waals surface area contributed by atoms with Crippen molar-refractivity contribution in [3.05, 3.63) is 35.4 Å². The lowest BCUT2D eigenvalue weighted by atomic mass is 10.1. The molecule has 1 aromatic carbocycles. The Hall–Kier alpha value is -2.29. The Bertz CT molecular complexity index is 607. The second kappa shape index (κ2) is 7.52. The van der Waals surface area contributed by atoms with Crippen molar-refractivity contribution in [2.24, 2.45) is 0 Å². The molecule has 2 aliphatic rings.